The van der Waals surface area contributed by atoms with Crippen LogP contribution < -0.4 is 14.6 Å². The second-order valence-corrected chi connectivity index (χ2v) is 10.1. The van der Waals surface area contributed by atoms with Gasteiger partial charge in [0.05, 0.1) is 6.61 Å². The van der Waals surface area contributed by atoms with Crippen LogP contribution in [0.4, 0.5) is 5.82 Å². The molecule has 172 valence electrons. The molecule has 0 aliphatic heterocycles. The molecule has 31 heavy (non-hydrogen) atoms. The van der Waals surface area contributed by atoms with E-state index in [1.807, 2.05) is 54.5 Å². The first-order valence-corrected chi connectivity index (χ1v) is 12.4. The van der Waals surface area contributed by atoms with Crippen molar-refractivity contribution in [1.82, 2.24) is 4.98 Å². The molecule has 3 N–H and O–H groups in total. The Bertz CT molecular complexity index is 989. The van der Waals surface area contributed by atoms with Crippen LogP contribution in [0.3, 0.4) is 0 Å². The average Bonchev–Trinajstić information content (AvgIpc) is 2.66. The highest BCUT2D eigenvalue weighted by Crippen LogP contribution is 2.54. The summed E-state index contributed by atoms with van der Waals surface area (Å²) >= 11 is 0. The van der Waals surface area contributed by atoms with E-state index in [1.54, 1.807) is 13.1 Å². The predicted octanol–water partition coefficient (Wildman–Crippen LogP) is 5.99. The molecule has 1 unspecified atom stereocenters. The number of ether oxygens (including phenoxy) is 1. The van der Waals surface area contributed by atoms with E-state index in [9.17, 15) is 14.6 Å². The monoisotopic (exact) mass is 450 g/mol. The van der Waals surface area contributed by atoms with Crippen molar-refractivity contribution in [2.24, 2.45) is 0 Å². The van der Waals surface area contributed by atoms with Gasteiger partial charge in [0.2, 0.25) is 0 Å². The molecule has 0 amide bonds. The van der Waals surface area contributed by atoms with Gasteiger partial charge in [0.1, 0.15) is 17.9 Å². The van der Waals surface area contributed by atoms with Gasteiger partial charge in [-0.1, -0.05) is 27.7 Å². The lowest BCUT2D eigenvalue weighted by molar-refractivity contribution is 0.307. The topological polar surface area (TPSA) is 101 Å². The second-order valence-electron chi connectivity index (χ2n) is 8.37. The molecule has 2 aromatic rings. The van der Waals surface area contributed by atoms with E-state index in [1.165, 1.54) is 0 Å². The van der Waals surface area contributed by atoms with Gasteiger partial charge in [-0.25, -0.2) is 9.55 Å². The summed E-state index contributed by atoms with van der Waals surface area (Å²) in [6.45, 7) is 15.6. The molecule has 0 bridgehead atoms. The second kappa shape index (κ2) is 9.92. The number of benzene rings is 1. The van der Waals surface area contributed by atoms with Gasteiger partial charge in [-0.15, -0.1) is 0 Å². The van der Waals surface area contributed by atoms with Crippen LogP contribution in [-0.2, 0) is 4.57 Å². The highest BCUT2D eigenvalue weighted by Gasteiger charge is 2.32. The van der Waals surface area contributed by atoms with Crippen molar-refractivity contribution in [3.63, 3.8) is 0 Å². The first-order valence-electron chi connectivity index (χ1n) is 10.6. The number of aryl methyl sites for hydroxylation is 1. The number of aromatic hydroxyl groups is 1. The smallest absolute Gasteiger partial charge is 0.395 e. The summed E-state index contributed by atoms with van der Waals surface area (Å²) in [7, 11) is -4.11. The van der Waals surface area contributed by atoms with Crippen molar-refractivity contribution in [3.05, 3.63) is 40.1 Å². The van der Waals surface area contributed by atoms with E-state index < -0.39 is 7.60 Å². The van der Waals surface area contributed by atoms with Gasteiger partial charge in [0.15, 0.2) is 11.5 Å². The van der Waals surface area contributed by atoms with Gasteiger partial charge in [-0.3, -0.25) is 0 Å². The molecule has 1 heterocycles. The zero-order valence-electron chi connectivity index (χ0n) is 19.7. The molecule has 1 atom stereocenters. The van der Waals surface area contributed by atoms with Gasteiger partial charge in [0, 0.05) is 22.9 Å². The third-order valence-corrected chi connectivity index (χ3v) is 6.33. The van der Waals surface area contributed by atoms with Crippen LogP contribution in [0.1, 0.15) is 74.3 Å². The normalized spacial score (nSPS) is 13.4. The third kappa shape index (κ3) is 5.52. The van der Waals surface area contributed by atoms with Crippen molar-refractivity contribution < 1.29 is 23.8 Å². The minimum absolute atomic E-state index is 0.0391. The molecule has 1 aromatic heterocycles. The number of hydrogen-bond donors (Lipinski definition) is 3. The number of nitrogens with one attached hydrogen (secondary N) is 1. The molecule has 0 saturated heterocycles. The lowest BCUT2D eigenvalue weighted by Crippen LogP contribution is -2.13. The summed E-state index contributed by atoms with van der Waals surface area (Å²) in [6, 6.07) is 1.88. The van der Waals surface area contributed by atoms with Crippen LogP contribution in [0.15, 0.2) is 12.3 Å². The Kier molecular flexibility index (Phi) is 8.01. The zero-order valence-corrected chi connectivity index (χ0v) is 20.6. The van der Waals surface area contributed by atoms with Crippen LogP contribution in [0, 0.1) is 20.8 Å². The number of nitrogens with zero attached hydrogens (tertiary/aromatic N) is 1. The van der Waals surface area contributed by atoms with Crippen molar-refractivity contribution in [1.29, 1.82) is 0 Å². The molecule has 0 spiro atoms. The Morgan fingerprint density at radius 3 is 2.23 bits per heavy atom. The number of aromatic nitrogens is 1. The van der Waals surface area contributed by atoms with E-state index in [4.69, 9.17) is 9.26 Å². The lowest BCUT2D eigenvalue weighted by Gasteiger charge is -2.27. The summed E-state index contributed by atoms with van der Waals surface area (Å²) in [5.41, 5.74) is 3.82. The van der Waals surface area contributed by atoms with Crippen LogP contribution in [-0.4, -0.2) is 27.9 Å². The molecule has 2 rings (SSSR count). The summed E-state index contributed by atoms with van der Waals surface area (Å²) in [5.74, 6) is 1.07. The summed E-state index contributed by atoms with van der Waals surface area (Å²) < 4.78 is 24.7. The highest BCUT2D eigenvalue weighted by atomic mass is 31.2. The highest BCUT2D eigenvalue weighted by molar-refractivity contribution is 7.53. The molecule has 0 aliphatic rings. The van der Waals surface area contributed by atoms with Crippen molar-refractivity contribution in [2.45, 2.75) is 67.2 Å². The van der Waals surface area contributed by atoms with Crippen LogP contribution in [0.25, 0.3) is 0 Å². The van der Waals surface area contributed by atoms with Gasteiger partial charge in [0.25, 0.3) is 0 Å². The minimum atomic E-state index is -4.11. The largest absolute Gasteiger partial charge is 0.504 e. The maximum absolute atomic E-state index is 13.1. The fraction of sp³-hybridized carbons (Fsp3) is 0.522. The maximum atomic E-state index is 13.1. The molecular formula is C23H35N2O5P. The fourth-order valence-electron chi connectivity index (χ4n) is 3.61. The van der Waals surface area contributed by atoms with E-state index in [-0.39, 0.29) is 23.9 Å². The first kappa shape index (κ1) is 25.0. The van der Waals surface area contributed by atoms with E-state index >= 15 is 0 Å². The van der Waals surface area contributed by atoms with Crippen LogP contribution in [0.5, 0.6) is 17.2 Å². The minimum Gasteiger partial charge on any atom is -0.504 e. The predicted molar refractivity (Wildman–Crippen MR) is 125 cm³/mol. The summed E-state index contributed by atoms with van der Waals surface area (Å²) in [5, 5.41) is 13.7. The molecule has 7 nitrogen and oxygen atoms in total. The van der Waals surface area contributed by atoms with Crippen molar-refractivity contribution in [2.75, 3.05) is 18.2 Å². The SMILES string of the molecule is CCOc1c(O)c(C)c(C(C)C)c(OP(=O)(O)CNc2nccc(C)c2C)c1C(C)C. The molecule has 0 saturated carbocycles. The Morgan fingerprint density at radius 2 is 1.68 bits per heavy atom. The Balaban J connectivity index is 2.52. The Labute approximate surface area is 185 Å². The van der Waals surface area contributed by atoms with E-state index in [0.717, 1.165) is 11.1 Å². The quantitative estimate of drug-likeness (QED) is 0.403. The molecule has 0 fully saturated rings. The fourth-order valence-corrected chi connectivity index (χ4v) is 4.51. The molecule has 1 aromatic carbocycles. The van der Waals surface area contributed by atoms with E-state index in [2.05, 4.69) is 10.3 Å². The Hall–Kier alpha value is -2.24. The first-order chi connectivity index (χ1) is 14.4. The van der Waals surface area contributed by atoms with Crippen molar-refractivity contribution >= 4 is 13.4 Å². The van der Waals surface area contributed by atoms with Gasteiger partial charge in [-0.2, -0.15) is 0 Å². The average molecular weight is 451 g/mol. The number of phenolic OH excluding ortho intramolecular Hbond substituents is 1. The molecular weight excluding hydrogens is 415 g/mol. The van der Waals surface area contributed by atoms with Crippen LogP contribution >= 0.6 is 7.60 Å². The van der Waals surface area contributed by atoms with Gasteiger partial charge in [-0.05, 0) is 56.7 Å². The van der Waals surface area contributed by atoms with Gasteiger partial charge < -0.3 is 24.6 Å². The molecule has 0 aliphatic carbocycles. The standard InChI is InChI=1S/C23H35N2O5P/c1-9-29-22-19(14(4)5)21(18(13(2)3)17(8)20(22)26)30-31(27,28)12-25-23-16(7)15(6)10-11-24-23/h10-11,13-14,26H,9,12H2,1-8H3,(H,24,25)(H,27,28). The number of pyridine rings is 1. The molecule has 8 heteroatoms. The number of hydrogen-bond acceptors (Lipinski definition) is 6. The number of rotatable bonds is 9. The van der Waals surface area contributed by atoms with Crippen molar-refractivity contribution in [3.8, 4) is 17.2 Å². The van der Waals surface area contributed by atoms with Gasteiger partial charge >= 0.3 is 7.60 Å². The number of anilines is 1. The summed E-state index contributed by atoms with van der Waals surface area (Å²) in [4.78, 5) is 15.0. The lowest BCUT2D eigenvalue weighted by atomic mass is 9.89. The zero-order chi connectivity index (χ0) is 23.5. The van der Waals surface area contributed by atoms with E-state index in [0.29, 0.717) is 40.6 Å². The van der Waals surface area contributed by atoms with Crippen LogP contribution in [0.2, 0.25) is 0 Å². The summed E-state index contributed by atoms with van der Waals surface area (Å²) in [6.07, 6.45) is 1.35. The maximum Gasteiger partial charge on any atom is 0.395 e. The Morgan fingerprint density at radius 1 is 1.06 bits per heavy atom. The molecule has 0 radical (unpaired) electrons. The number of phenols is 1. The third-order valence-electron chi connectivity index (χ3n) is 5.31.